The average molecular weight is 166 g/mol. The van der Waals surface area contributed by atoms with Gasteiger partial charge in [-0.25, -0.2) is 0 Å². The number of phenols is 1. The molecule has 0 amide bonds. The minimum atomic E-state index is 0.118. The highest BCUT2D eigenvalue weighted by atomic mass is 16.3. The summed E-state index contributed by atoms with van der Waals surface area (Å²) in [5.74, 6) is 0.118. The number of benzene rings is 1. The van der Waals surface area contributed by atoms with E-state index in [1.807, 2.05) is 6.92 Å². The molecule has 0 aliphatic rings. The fourth-order valence-electron chi connectivity index (χ4n) is 1.20. The highest BCUT2D eigenvalue weighted by molar-refractivity contribution is 5.67. The molecule has 12 heavy (non-hydrogen) atoms. The van der Waals surface area contributed by atoms with Crippen molar-refractivity contribution in [3.8, 4) is 5.75 Å². The van der Waals surface area contributed by atoms with Gasteiger partial charge in [-0.2, -0.15) is 0 Å². The van der Waals surface area contributed by atoms with E-state index in [1.54, 1.807) is 6.07 Å². The second-order valence-corrected chi connectivity index (χ2v) is 2.82. The van der Waals surface area contributed by atoms with Crippen LogP contribution < -0.4 is 11.5 Å². The fourth-order valence-corrected chi connectivity index (χ4v) is 1.20. The maximum atomic E-state index is 9.27. The minimum Gasteiger partial charge on any atom is -0.506 e. The molecule has 5 N–H and O–H groups in total. The Kier molecular flexibility index (Phi) is 2.43. The van der Waals surface area contributed by atoms with Gasteiger partial charge in [0, 0.05) is 11.3 Å². The highest BCUT2D eigenvalue weighted by Gasteiger charge is 2.06. The zero-order chi connectivity index (χ0) is 9.14. The van der Waals surface area contributed by atoms with E-state index in [4.69, 9.17) is 11.5 Å². The summed E-state index contributed by atoms with van der Waals surface area (Å²) in [5, 5.41) is 9.27. The van der Waals surface area contributed by atoms with Crippen molar-refractivity contribution in [2.75, 3.05) is 11.5 Å². The third-order valence-corrected chi connectivity index (χ3v) is 1.87. The van der Waals surface area contributed by atoms with Gasteiger partial charge < -0.3 is 16.6 Å². The number of nitrogen functional groups attached to an aromatic ring is 2. The van der Waals surface area contributed by atoms with E-state index >= 15 is 0 Å². The van der Waals surface area contributed by atoms with Gasteiger partial charge in [0.15, 0.2) is 0 Å². The zero-order valence-electron chi connectivity index (χ0n) is 7.17. The van der Waals surface area contributed by atoms with Crippen molar-refractivity contribution in [2.45, 2.75) is 19.8 Å². The molecule has 0 saturated heterocycles. The molecule has 66 valence electrons. The summed E-state index contributed by atoms with van der Waals surface area (Å²) in [6, 6.07) is 3.19. The van der Waals surface area contributed by atoms with Crippen LogP contribution in [0.15, 0.2) is 12.1 Å². The van der Waals surface area contributed by atoms with Crippen molar-refractivity contribution in [3.63, 3.8) is 0 Å². The molecular formula is C9H14N2O. The molecule has 3 nitrogen and oxygen atoms in total. The molecule has 0 saturated carbocycles. The molecule has 1 rings (SSSR count). The fraction of sp³-hybridized carbons (Fsp3) is 0.333. The Labute approximate surface area is 72.0 Å². The number of hydrogen-bond donors (Lipinski definition) is 3. The lowest BCUT2D eigenvalue weighted by atomic mass is 10.1. The number of phenolic OH excluding ortho intramolecular Hbond substituents is 1. The lowest BCUT2D eigenvalue weighted by Gasteiger charge is -2.08. The molecule has 0 aliphatic heterocycles. The average Bonchev–Trinajstić information content (AvgIpc) is 2.06. The Balaban J connectivity index is 3.14. The van der Waals surface area contributed by atoms with Crippen molar-refractivity contribution in [1.29, 1.82) is 0 Å². The van der Waals surface area contributed by atoms with Gasteiger partial charge >= 0.3 is 0 Å². The van der Waals surface area contributed by atoms with E-state index in [1.165, 1.54) is 6.07 Å². The molecule has 0 unspecified atom stereocenters. The summed E-state index contributed by atoms with van der Waals surface area (Å²) < 4.78 is 0. The first-order valence-corrected chi connectivity index (χ1v) is 4.02. The molecule has 1 aromatic rings. The second-order valence-electron chi connectivity index (χ2n) is 2.82. The van der Waals surface area contributed by atoms with Crippen LogP contribution in [-0.2, 0) is 6.42 Å². The summed E-state index contributed by atoms with van der Waals surface area (Å²) in [4.78, 5) is 0. The van der Waals surface area contributed by atoms with Crippen LogP contribution in [0, 0.1) is 0 Å². The summed E-state index contributed by atoms with van der Waals surface area (Å²) >= 11 is 0. The third-order valence-electron chi connectivity index (χ3n) is 1.87. The molecule has 0 spiro atoms. The van der Waals surface area contributed by atoms with Gasteiger partial charge in [-0.1, -0.05) is 13.3 Å². The van der Waals surface area contributed by atoms with Crippen LogP contribution in [0.5, 0.6) is 5.75 Å². The van der Waals surface area contributed by atoms with Gasteiger partial charge in [0.25, 0.3) is 0 Å². The molecule has 0 aliphatic carbocycles. The normalized spacial score (nSPS) is 10.1. The van der Waals surface area contributed by atoms with Gasteiger partial charge in [-0.15, -0.1) is 0 Å². The number of anilines is 2. The first-order chi connectivity index (χ1) is 5.66. The summed E-state index contributed by atoms with van der Waals surface area (Å²) in [5.41, 5.74) is 13.3. The second kappa shape index (κ2) is 3.34. The van der Waals surface area contributed by atoms with Gasteiger partial charge in [0.05, 0.1) is 5.69 Å². The van der Waals surface area contributed by atoms with Crippen LogP contribution in [-0.4, -0.2) is 5.11 Å². The Bertz CT molecular complexity index is 284. The molecule has 0 fully saturated rings. The molecular weight excluding hydrogens is 152 g/mol. The highest BCUT2D eigenvalue weighted by Crippen LogP contribution is 2.29. The number of aromatic hydroxyl groups is 1. The topological polar surface area (TPSA) is 72.3 Å². The van der Waals surface area contributed by atoms with E-state index in [0.29, 0.717) is 11.4 Å². The number of nitrogens with two attached hydrogens (primary N) is 2. The summed E-state index contributed by atoms with van der Waals surface area (Å²) in [7, 11) is 0. The monoisotopic (exact) mass is 166 g/mol. The lowest BCUT2D eigenvalue weighted by Crippen LogP contribution is -1.99. The SMILES string of the molecule is CCCc1c(N)ccc(O)c1N. The van der Waals surface area contributed by atoms with E-state index in [2.05, 4.69) is 0 Å². The van der Waals surface area contributed by atoms with E-state index < -0.39 is 0 Å². The van der Waals surface area contributed by atoms with Gasteiger partial charge in [0.1, 0.15) is 5.75 Å². The first-order valence-electron chi connectivity index (χ1n) is 4.02. The van der Waals surface area contributed by atoms with Gasteiger partial charge in [-0.3, -0.25) is 0 Å². The van der Waals surface area contributed by atoms with E-state index in [9.17, 15) is 5.11 Å². The van der Waals surface area contributed by atoms with E-state index in [0.717, 1.165) is 18.4 Å². The molecule has 0 radical (unpaired) electrons. The predicted octanol–water partition coefficient (Wildman–Crippen LogP) is 1.51. The van der Waals surface area contributed by atoms with Crippen LogP contribution in [0.1, 0.15) is 18.9 Å². The van der Waals surface area contributed by atoms with Crippen LogP contribution in [0.2, 0.25) is 0 Å². The van der Waals surface area contributed by atoms with Crippen molar-refractivity contribution >= 4 is 11.4 Å². The standard InChI is InChI=1S/C9H14N2O/c1-2-3-6-7(10)4-5-8(12)9(6)11/h4-5,12H,2-3,10-11H2,1H3. The van der Waals surface area contributed by atoms with Crippen LogP contribution in [0.25, 0.3) is 0 Å². The van der Waals surface area contributed by atoms with Crippen LogP contribution in [0.3, 0.4) is 0 Å². The first kappa shape index (κ1) is 8.71. The Morgan fingerprint density at radius 1 is 1.33 bits per heavy atom. The zero-order valence-corrected chi connectivity index (χ0v) is 7.17. The predicted molar refractivity (Wildman–Crippen MR) is 50.9 cm³/mol. The Hall–Kier alpha value is -1.38. The summed E-state index contributed by atoms with van der Waals surface area (Å²) in [6.07, 6.45) is 1.78. The number of rotatable bonds is 2. The molecule has 3 heteroatoms. The smallest absolute Gasteiger partial charge is 0.138 e. The van der Waals surface area contributed by atoms with Crippen molar-refractivity contribution < 1.29 is 5.11 Å². The maximum Gasteiger partial charge on any atom is 0.138 e. The van der Waals surface area contributed by atoms with Gasteiger partial charge in [-0.05, 0) is 18.6 Å². The quantitative estimate of drug-likeness (QED) is 0.354. The molecule has 0 bridgehead atoms. The van der Waals surface area contributed by atoms with Crippen LogP contribution >= 0.6 is 0 Å². The van der Waals surface area contributed by atoms with Crippen molar-refractivity contribution in [3.05, 3.63) is 17.7 Å². The minimum absolute atomic E-state index is 0.118. The number of hydrogen-bond acceptors (Lipinski definition) is 3. The maximum absolute atomic E-state index is 9.27. The third kappa shape index (κ3) is 1.44. The molecule has 0 heterocycles. The van der Waals surface area contributed by atoms with Crippen molar-refractivity contribution in [1.82, 2.24) is 0 Å². The summed E-state index contributed by atoms with van der Waals surface area (Å²) in [6.45, 7) is 2.04. The van der Waals surface area contributed by atoms with Gasteiger partial charge in [0.2, 0.25) is 0 Å². The molecule has 0 atom stereocenters. The van der Waals surface area contributed by atoms with Crippen LogP contribution in [0.4, 0.5) is 11.4 Å². The van der Waals surface area contributed by atoms with Crippen molar-refractivity contribution in [2.24, 2.45) is 0 Å². The molecule has 1 aromatic carbocycles. The lowest BCUT2D eigenvalue weighted by molar-refractivity contribution is 0.477. The van der Waals surface area contributed by atoms with E-state index in [-0.39, 0.29) is 5.75 Å². The Morgan fingerprint density at radius 3 is 2.58 bits per heavy atom. The molecule has 0 aromatic heterocycles. The largest absolute Gasteiger partial charge is 0.506 e. The Morgan fingerprint density at radius 2 is 2.00 bits per heavy atom.